The van der Waals surface area contributed by atoms with Gasteiger partial charge in [0.2, 0.25) is 0 Å². The van der Waals surface area contributed by atoms with E-state index in [2.05, 4.69) is 25.2 Å². The average Bonchev–Trinajstić information content (AvgIpc) is 2.34. The summed E-state index contributed by atoms with van der Waals surface area (Å²) in [6.45, 7) is 10.6. The average molecular weight is 264 g/mol. The number of carbonyl (C=O) groups is 1. The number of benzene rings is 1. The van der Waals surface area contributed by atoms with Crippen molar-refractivity contribution in [2.45, 2.75) is 47.1 Å². The Kier molecular flexibility index (Phi) is 5.67. The number of carbonyl (C=O) groups excluding carboxylic acids is 1. The van der Waals surface area contributed by atoms with Crippen LogP contribution in [0, 0.1) is 6.92 Å². The maximum atomic E-state index is 11.7. The normalized spacial score (nSPS) is 10.4. The number of aryl methyl sites for hydroxylation is 1. The van der Waals surface area contributed by atoms with E-state index in [0.717, 1.165) is 12.1 Å². The van der Waals surface area contributed by atoms with Gasteiger partial charge in [-0.05, 0) is 51.3 Å². The van der Waals surface area contributed by atoms with Gasteiger partial charge in [-0.2, -0.15) is 0 Å². The highest BCUT2D eigenvalue weighted by Crippen LogP contribution is 2.24. The van der Waals surface area contributed by atoms with Crippen molar-refractivity contribution in [1.29, 1.82) is 0 Å². The number of hydroxylamine groups is 1. The fourth-order valence-corrected chi connectivity index (χ4v) is 2.03. The largest absolute Gasteiger partial charge is 0.431 e. The molecule has 0 aromatic heterocycles. The van der Waals surface area contributed by atoms with E-state index in [1.54, 1.807) is 5.06 Å². The van der Waals surface area contributed by atoms with Gasteiger partial charge in [-0.1, -0.05) is 19.1 Å². The van der Waals surface area contributed by atoms with Gasteiger partial charge in [-0.3, -0.25) is 0 Å². The van der Waals surface area contributed by atoms with Crippen LogP contribution in [-0.2, 0) is 11.3 Å². The van der Waals surface area contributed by atoms with Crippen molar-refractivity contribution < 1.29 is 9.63 Å². The molecule has 1 rings (SSSR count). The molecule has 106 valence electrons. The summed E-state index contributed by atoms with van der Waals surface area (Å²) in [6, 6.07) is 6.10. The molecule has 4 heteroatoms. The Hall–Kier alpha value is -1.71. The maximum absolute atomic E-state index is 11.7. The topological polar surface area (TPSA) is 41.6 Å². The van der Waals surface area contributed by atoms with Crippen LogP contribution < -0.4 is 10.4 Å². The molecule has 0 heterocycles. The van der Waals surface area contributed by atoms with E-state index in [4.69, 9.17) is 4.84 Å². The second-order valence-electron chi connectivity index (χ2n) is 4.80. The van der Waals surface area contributed by atoms with Crippen molar-refractivity contribution in [2.75, 3.05) is 11.6 Å². The molecule has 1 aromatic rings. The van der Waals surface area contributed by atoms with E-state index in [1.807, 2.05) is 32.9 Å². The minimum absolute atomic E-state index is 0.0642. The van der Waals surface area contributed by atoms with Crippen LogP contribution in [-0.4, -0.2) is 18.7 Å². The van der Waals surface area contributed by atoms with Gasteiger partial charge >= 0.3 is 6.09 Å². The third-order valence-corrected chi connectivity index (χ3v) is 2.89. The molecule has 1 amide bonds. The molecular formula is C15H24N2O2. The molecule has 0 unspecified atom stereocenters. The first-order valence-corrected chi connectivity index (χ1v) is 6.84. The van der Waals surface area contributed by atoms with Crippen LogP contribution in [0.1, 0.15) is 38.8 Å². The second-order valence-corrected chi connectivity index (χ2v) is 4.80. The molecule has 0 aliphatic heterocycles. The van der Waals surface area contributed by atoms with Crippen molar-refractivity contribution in [3.8, 4) is 0 Å². The van der Waals surface area contributed by atoms with Gasteiger partial charge in [0.1, 0.15) is 0 Å². The van der Waals surface area contributed by atoms with Gasteiger partial charge in [0.05, 0.1) is 12.2 Å². The van der Waals surface area contributed by atoms with Gasteiger partial charge in [-0.25, -0.2) is 9.86 Å². The van der Waals surface area contributed by atoms with E-state index in [0.29, 0.717) is 6.54 Å². The van der Waals surface area contributed by atoms with E-state index < -0.39 is 6.09 Å². The third kappa shape index (κ3) is 4.16. The van der Waals surface area contributed by atoms with Gasteiger partial charge < -0.3 is 10.2 Å². The standard InChI is InChI=1S/C15H24N2O2/c1-6-13-12(5)9-8-10-14(13)17(7-2)19-15(18)16-11(3)4/h8-11H,6-7H2,1-5H3,(H,16,18). The highest BCUT2D eigenvalue weighted by Gasteiger charge is 2.15. The number of rotatable bonds is 5. The lowest BCUT2D eigenvalue weighted by Gasteiger charge is -2.25. The van der Waals surface area contributed by atoms with E-state index in [9.17, 15) is 4.79 Å². The van der Waals surface area contributed by atoms with E-state index in [1.165, 1.54) is 11.1 Å². The van der Waals surface area contributed by atoms with Crippen LogP contribution in [0.4, 0.5) is 10.5 Å². The van der Waals surface area contributed by atoms with Gasteiger partial charge in [0.15, 0.2) is 0 Å². The van der Waals surface area contributed by atoms with Crippen LogP contribution in [0.15, 0.2) is 18.2 Å². The number of hydrogen-bond donors (Lipinski definition) is 1. The van der Waals surface area contributed by atoms with Crippen LogP contribution in [0.5, 0.6) is 0 Å². The molecular weight excluding hydrogens is 240 g/mol. The molecule has 0 saturated carbocycles. The van der Waals surface area contributed by atoms with Gasteiger partial charge in [0.25, 0.3) is 0 Å². The molecule has 0 aliphatic rings. The van der Waals surface area contributed by atoms with Crippen LogP contribution in [0.3, 0.4) is 0 Å². The van der Waals surface area contributed by atoms with Crippen LogP contribution in [0.2, 0.25) is 0 Å². The third-order valence-electron chi connectivity index (χ3n) is 2.89. The minimum atomic E-state index is -0.416. The highest BCUT2D eigenvalue weighted by atomic mass is 16.7. The molecule has 0 spiro atoms. The number of anilines is 1. The molecule has 0 saturated heterocycles. The molecule has 0 radical (unpaired) electrons. The Morgan fingerprint density at radius 3 is 2.58 bits per heavy atom. The van der Waals surface area contributed by atoms with Crippen LogP contribution in [0.25, 0.3) is 0 Å². The molecule has 0 bridgehead atoms. The summed E-state index contributed by atoms with van der Waals surface area (Å²) in [5, 5.41) is 4.37. The maximum Gasteiger partial charge on any atom is 0.431 e. The SMILES string of the molecule is CCc1c(C)cccc1N(CC)OC(=O)NC(C)C. The van der Waals surface area contributed by atoms with Crippen molar-refractivity contribution in [1.82, 2.24) is 5.32 Å². The lowest BCUT2D eigenvalue weighted by Crippen LogP contribution is -2.37. The number of hydrogen-bond acceptors (Lipinski definition) is 3. The monoisotopic (exact) mass is 264 g/mol. The Morgan fingerprint density at radius 1 is 1.37 bits per heavy atom. The Bertz CT molecular complexity index is 430. The first-order valence-electron chi connectivity index (χ1n) is 6.84. The Morgan fingerprint density at radius 2 is 2.05 bits per heavy atom. The molecule has 0 aliphatic carbocycles. The molecule has 0 atom stereocenters. The Balaban J connectivity index is 2.91. The minimum Gasteiger partial charge on any atom is -0.322 e. The molecule has 0 fully saturated rings. The zero-order valence-corrected chi connectivity index (χ0v) is 12.5. The second kappa shape index (κ2) is 7.02. The number of nitrogens with one attached hydrogen (secondary N) is 1. The first-order chi connectivity index (χ1) is 8.99. The first kappa shape index (κ1) is 15.3. The predicted octanol–water partition coefficient (Wildman–Crippen LogP) is 3.43. The lowest BCUT2D eigenvalue weighted by atomic mass is 10.0. The summed E-state index contributed by atoms with van der Waals surface area (Å²) >= 11 is 0. The predicted molar refractivity (Wildman–Crippen MR) is 78.3 cm³/mol. The summed E-state index contributed by atoms with van der Waals surface area (Å²) in [7, 11) is 0. The summed E-state index contributed by atoms with van der Waals surface area (Å²) in [5.74, 6) is 0. The summed E-state index contributed by atoms with van der Waals surface area (Å²) in [4.78, 5) is 17.1. The number of amides is 1. The van der Waals surface area contributed by atoms with Crippen molar-refractivity contribution in [2.24, 2.45) is 0 Å². The van der Waals surface area contributed by atoms with Gasteiger partial charge in [-0.15, -0.1) is 0 Å². The molecule has 4 nitrogen and oxygen atoms in total. The van der Waals surface area contributed by atoms with Crippen molar-refractivity contribution >= 4 is 11.8 Å². The van der Waals surface area contributed by atoms with E-state index >= 15 is 0 Å². The van der Waals surface area contributed by atoms with Crippen molar-refractivity contribution in [3.05, 3.63) is 29.3 Å². The lowest BCUT2D eigenvalue weighted by molar-refractivity contribution is 0.131. The van der Waals surface area contributed by atoms with E-state index in [-0.39, 0.29) is 6.04 Å². The zero-order chi connectivity index (χ0) is 14.4. The summed E-state index contributed by atoms with van der Waals surface area (Å²) in [6.07, 6.45) is 0.494. The fourth-order valence-electron chi connectivity index (χ4n) is 2.03. The summed E-state index contributed by atoms with van der Waals surface area (Å²) in [5.41, 5.74) is 3.39. The Labute approximate surface area is 115 Å². The van der Waals surface area contributed by atoms with Gasteiger partial charge in [0, 0.05) is 6.04 Å². The summed E-state index contributed by atoms with van der Waals surface area (Å²) < 4.78 is 0. The van der Waals surface area contributed by atoms with Crippen LogP contribution >= 0.6 is 0 Å². The fraction of sp³-hybridized carbons (Fsp3) is 0.533. The smallest absolute Gasteiger partial charge is 0.322 e. The quantitative estimate of drug-likeness (QED) is 0.828. The highest BCUT2D eigenvalue weighted by molar-refractivity contribution is 5.69. The zero-order valence-electron chi connectivity index (χ0n) is 12.5. The van der Waals surface area contributed by atoms with Crippen molar-refractivity contribution in [3.63, 3.8) is 0 Å². The number of nitrogens with zero attached hydrogens (tertiary/aromatic N) is 1. The molecule has 1 aromatic carbocycles. The molecule has 19 heavy (non-hydrogen) atoms. The molecule has 1 N–H and O–H groups in total.